The van der Waals surface area contributed by atoms with Crippen LogP contribution in [-0.2, 0) is 4.74 Å². The van der Waals surface area contributed by atoms with E-state index >= 15 is 0 Å². The molecule has 0 aliphatic rings. The first kappa shape index (κ1) is 9.28. The fourth-order valence-corrected chi connectivity index (χ4v) is 0.460. The molecule has 0 unspecified atom stereocenters. The Balaban J connectivity index is 3.10. The van der Waals surface area contributed by atoms with Crippen molar-refractivity contribution in [3.8, 4) is 0 Å². The van der Waals surface area contributed by atoms with Gasteiger partial charge >= 0.3 is 0 Å². The molecule has 0 saturated carbocycles. The monoisotopic (exact) mass is 140 g/mol. The van der Waals surface area contributed by atoms with Crippen molar-refractivity contribution < 1.29 is 4.74 Å². The van der Waals surface area contributed by atoms with Crippen LogP contribution in [0.3, 0.4) is 0 Å². The van der Waals surface area contributed by atoms with Gasteiger partial charge in [0.2, 0.25) is 0 Å². The number of unbranched alkanes of at least 4 members (excludes halogenated alkanes) is 1. The summed E-state index contributed by atoms with van der Waals surface area (Å²) in [4.78, 5) is 0. The molecular formula is C9H16O. The molecule has 10 heavy (non-hydrogen) atoms. The minimum Gasteiger partial charge on any atom is -0.501 e. The normalized spacial score (nSPS) is 10.2. The molecule has 0 aliphatic carbocycles. The first-order valence-electron chi connectivity index (χ1n) is 3.71. The highest BCUT2D eigenvalue weighted by Crippen LogP contribution is 1.92. The fraction of sp³-hybridized carbons (Fsp3) is 0.556. The van der Waals surface area contributed by atoms with E-state index < -0.39 is 0 Å². The smallest absolute Gasteiger partial charge is 0.0873 e. The lowest BCUT2D eigenvalue weighted by Crippen LogP contribution is -1.84. The second kappa shape index (κ2) is 6.40. The van der Waals surface area contributed by atoms with Gasteiger partial charge in [-0.25, -0.2) is 0 Å². The third-order valence-electron chi connectivity index (χ3n) is 1.06. The van der Waals surface area contributed by atoms with Crippen molar-refractivity contribution in [3.05, 3.63) is 24.5 Å². The molecule has 0 amide bonds. The van der Waals surface area contributed by atoms with Crippen LogP contribution in [0.4, 0.5) is 0 Å². The lowest BCUT2D eigenvalue weighted by Gasteiger charge is -1.96. The van der Waals surface area contributed by atoms with Gasteiger partial charge in [-0.15, -0.1) is 0 Å². The minimum absolute atomic E-state index is 0.820. The molecule has 0 bridgehead atoms. The highest BCUT2D eigenvalue weighted by Gasteiger charge is 1.79. The third kappa shape index (κ3) is 7.28. The average Bonchev–Trinajstić information content (AvgIpc) is 1.87. The molecule has 0 atom stereocenters. The summed E-state index contributed by atoms with van der Waals surface area (Å²) in [5.41, 5.74) is 1.02. The molecule has 1 heteroatoms. The SMILES string of the molecule is C=C(C)C=COCCCC. The summed E-state index contributed by atoms with van der Waals surface area (Å²) >= 11 is 0. The van der Waals surface area contributed by atoms with Crippen molar-refractivity contribution in [1.29, 1.82) is 0 Å². The van der Waals surface area contributed by atoms with Gasteiger partial charge in [-0.2, -0.15) is 0 Å². The summed E-state index contributed by atoms with van der Waals surface area (Å²) in [5, 5.41) is 0. The van der Waals surface area contributed by atoms with Crippen LogP contribution in [0.5, 0.6) is 0 Å². The second-order valence-corrected chi connectivity index (χ2v) is 2.37. The average molecular weight is 140 g/mol. The van der Waals surface area contributed by atoms with E-state index in [9.17, 15) is 0 Å². The van der Waals surface area contributed by atoms with Gasteiger partial charge in [0, 0.05) is 0 Å². The maximum absolute atomic E-state index is 5.14. The maximum Gasteiger partial charge on any atom is 0.0873 e. The van der Waals surface area contributed by atoms with Gasteiger partial charge in [0.15, 0.2) is 0 Å². The number of ether oxygens (including phenoxy) is 1. The highest BCUT2D eigenvalue weighted by molar-refractivity contribution is 5.08. The van der Waals surface area contributed by atoms with Gasteiger partial charge in [0.05, 0.1) is 12.9 Å². The molecule has 0 spiro atoms. The molecule has 0 saturated heterocycles. The van der Waals surface area contributed by atoms with E-state index in [2.05, 4.69) is 13.5 Å². The molecule has 0 aromatic carbocycles. The van der Waals surface area contributed by atoms with Crippen LogP contribution in [-0.4, -0.2) is 6.61 Å². The minimum atomic E-state index is 0.820. The summed E-state index contributed by atoms with van der Waals surface area (Å²) < 4.78 is 5.14. The Morgan fingerprint density at radius 1 is 1.60 bits per heavy atom. The molecule has 1 nitrogen and oxygen atoms in total. The van der Waals surface area contributed by atoms with Crippen LogP contribution < -0.4 is 0 Å². The quantitative estimate of drug-likeness (QED) is 0.324. The lowest BCUT2D eigenvalue weighted by molar-refractivity contribution is 0.243. The van der Waals surface area contributed by atoms with Crippen molar-refractivity contribution in [2.45, 2.75) is 26.7 Å². The summed E-state index contributed by atoms with van der Waals surface area (Å²) in [7, 11) is 0. The van der Waals surface area contributed by atoms with E-state index in [1.807, 2.05) is 13.0 Å². The predicted octanol–water partition coefficient (Wildman–Crippen LogP) is 2.89. The molecule has 0 rings (SSSR count). The van der Waals surface area contributed by atoms with Gasteiger partial charge in [0.25, 0.3) is 0 Å². The van der Waals surface area contributed by atoms with Gasteiger partial charge in [-0.05, 0) is 19.4 Å². The largest absolute Gasteiger partial charge is 0.501 e. The number of allylic oxidation sites excluding steroid dienone is 2. The Bertz CT molecular complexity index is 114. The first-order chi connectivity index (χ1) is 4.77. The van der Waals surface area contributed by atoms with Crippen molar-refractivity contribution >= 4 is 0 Å². The topological polar surface area (TPSA) is 9.23 Å². The molecule has 0 radical (unpaired) electrons. The van der Waals surface area contributed by atoms with E-state index in [1.54, 1.807) is 6.26 Å². The number of hydrogen-bond acceptors (Lipinski definition) is 1. The Hall–Kier alpha value is -0.720. The van der Waals surface area contributed by atoms with Gasteiger partial charge in [0.1, 0.15) is 0 Å². The lowest BCUT2D eigenvalue weighted by atomic mass is 10.3. The van der Waals surface area contributed by atoms with Gasteiger partial charge in [-0.1, -0.05) is 25.5 Å². The molecule has 0 aromatic rings. The highest BCUT2D eigenvalue weighted by atomic mass is 16.5. The van der Waals surface area contributed by atoms with E-state index in [4.69, 9.17) is 4.74 Å². The Labute approximate surface area is 63.4 Å². The third-order valence-corrected chi connectivity index (χ3v) is 1.06. The Morgan fingerprint density at radius 2 is 2.30 bits per heavy atom. The van der Waals surface area contributed by atoms with Crippen LogP contribution in [0.25, 0.3) is 0 Å². The predicted molar refractivity (Wildman–Crippen MR) is 44.8 cm³/mol. The van der Waals surface area contributed by atoms with E-state index in [-0.39, 0.29) is 0 Å². The Morgan fingerprint density at radius 3 is 2.80 bits per heavy atom. The molecule has 0 N–H and O–H groups in total. The fourth-order valence-electron chi connectivity index (χ4n) is 0.460. The first-order valence-corrected chi connectivity index (χ1v) is 3.71. The van der Waals surface area contributed by atoms with Crippen molar-refractivity contribution in [3.63, 3.8) is 0 Å². The second-order valence-electron chi connectivity index (χ2n) is 2.37. The van der Waals surface area contributed by atoms with Gasteiger partial charge < -0.3 is 4.74 Å². The van der Waals surface area contributed by atoms with E-state index in [1.165, 1.54) is 6.42 Å². The van der Waals surface area contributed by atoms with E-state index in [0.717, 1.165) is 18.6 Å². The van der Waals surface area contributed by atoms with Crippen LogP contribution >= 0.6 is 0 Å². The van der Waals surface area contributed by atoms with Crippen LogP contribution in [0.15, 0.2) is 24.5 Å². The molecule has 0 heterocycles. The summed E-state index contributed by atoms with van der Waals surface area (Å²) in [5.74, 6) is 0. The summed E-state index contributed by atoms with van der Waals surface area (Å²) in [6, 6.07) is 0. The molecule has 0 aliphatic heterocycles. The molecule has 0 aromatic heterocycles. The van der Waals surface area contributed by atoms with Crippen molar-refractivity contribution in [2.75, 3.05) is 6.61 Å². The molecule has 0 fully saturated rings. The zero-order valence-corrected chi connectivity index (χ0v) is 6.89. The standard InChI is InChI=1S/C9H16O/c1-4-5-7-10-8-6-9(2)3/h6,8H,2,4-5,7H2,1,3H3. The van der Waals surface area contributed by atoms with E-state index in [0.29, 0.717) is 0 Å². The molecular weight excluding hydrogens is 124 g/mol. The van der Waals surface area contributed by atoms with Crippen LogP contribution in [0.2, 0.25) is 0 Å². The summed E-state index contributed by atoms with van der Waals surface area (Å²) in [6.45, 7) is 8.61. The molecule has 58 valence electrons. The van der Waals surface area contributed by atoms with Crippen molar-refractivity contribution in [1.82, 2.24) is 0 Å². The zero-order chi connectivity index (χ0) is 7.82. The number of rotatable bonds is 5. The number of hydrogen-bond donors (Lipinski definition) is 0. The Kier molecular flexibility index (Phi) is 5.94. The van der Waals surface area contributed by atoms with Gasteiger partial charge in [-0.3, -0.25) is 0 Å². The zero-order valence-electron chi connectivity index (χ0n) is 6.89. The van der Waals surface area contributed by atoms with Crippen LogP contribution in [0, 0.1) is 0 Å². The van der Waals surface area contributed by atoms with Crippen LogP contribution in [0.1, 0.15) is 26.7 Å². The maximum atomic E-state index is 5.14. The van der Waals surface area contributed by atoms with Crippen molar-refractivity contribution in [2.24, 2.45) is 0 Å². The summed E-state index contributed by atoms with van der Waals surface area (Å²) in [6.07, 6.45) is 5.88.